The zero-order valence-electron chi connectivity index (χ0n) is 14.2. The molecule has 10 heteroatoms. The Kier molecular flexibility index (Phi) is 5.15. The van der Waals surface area contributed by atoms with E-state index in [4.69, 9.17) is 16.7 Å². The lowest BCUT2D eigenvalue weighted by atomic mass is 10.3. The topological polar surface area (TPSA) is 105 Å². The quantitative estimate of drug-likeness (QED) is 0.698. The Balaban J connectivity index is 2.18. The molecule has 2 aromatic heterocycles. The highest BCUT2D eigenvalue weighted by Gasteiger charge is 2.26. The lowest BCUT2D eigenvalue weighted by Crippen LogP contribution is -2.24. The Labute approximate surface area is 160 Å². The van der Waals surface area contributed by atoms with Crippen LogP contribution in [0.25, 0.3) is 5.69 Å². The Hall–Kier alpha value is -2.91. The number of carbonyl (C=O) groups is 1. The molecular formula is C17H15ClN4O4S. The summed E-state index contributed by atoms with van der Waals surface area (Å²) in [6.07, 6.45) is 1.60. The Bertz CT molecular complexity index is 1080. The van der Waals surface area contributed by atoms with Crippen molar-refractivity contribution in [2.75, 3.05) is 7.05 Å². The van der Waals surface area contributed by atoms with Crippen LogP contribution in [0.2, 0.25) is 5.02 Å². The van der Waals surface area contributed by atoms with E-state index in [-0.39, 0.29) is 22.2 Å². The van der Waals surface area contributed by atoms with Crippen LogP contribution in [0.4, 0.5) is 4.79 Å². The van der Waals surface area contributed by atoms with Gasteiger partial charge in [-0.25, -0.2) is 17.9 Å². The highest BCUT2D eigenvalue weighted by molar-refractivity contribution is 7.91. The van der Waals surface area contributed by atoms with Gasteiger partial charge in [0.25, 0.3) is 0 Å². The van der Waals surface area contributed by atoms with Crippen molar-refractivity contribution < 1.29 is 18.3 Å². The van der Waals surface area contributed by atoms with Gasteiger partial charge in [-0.1, -0.05) is 23.7 Å². The van der Waals surface area contributed by atoms with Crippen molar-refractivity contribution in [1.29, 1.82) is 0 Å². The number of benzene rings is 1. The molecule has 0 unspecified atom stereocenters. The Morgan fingerprint density at radius 2 is 1.89 bits per heavy atom. The van der Waals surface area contributed by atoms with E-state index in [0.717, 1.165) is 4.90 Å². The van der Waals surface area contributed by atoms with Gasteiger partial charge in [0.05, 0.1) is 27.8 Å². The molecule has 27 heavy (non-hydrogen) atoms. The predicted octanol–water partition coefficient (Wildman–Crippen LogP) is 2.86. The van der Waals surface area contributed by atoms with E-state index >= 15 is 0 Å². The molecule has 8 nitrogen and oxygen atoms in total. The van der Waals surface area contributed by atoms with Crippen LogP contribution in [-0.2, 0) is 16.4 Å². The predicted molar refractivity (Wildman–Crippen MR) is 97.8 cm³/mol. The second-order valence-corrected chi connectivity index (χ2v) is 7.97. The highest BCUT2D eigenvalue weighted by Crippen LogP contribution is 2.27. The molecule has 0 aliphatic rings. The standard InChI is InChI=1S/C17H15ClN4O4S/c1-21(17(23)24)11-12-10-16(27(25,26)13-6-8-19-9-7-13)22(20-12)15-5-3-2-4-14(15)18/h2-10H,11H2,1H3,(H,23,24). The van der Waals surface area contributed by atoms with Crippen LogP contribution in [0.3, 0.4) is 0 Å². The van der Waals surface area contributed by atoms with E-state index in [1.165, 1.54) is 42.3 Å². The second-order valence-electron chi connectivity index (χ2n) is 5.66. The molecule has 2 heterocycles. The minimum absolute atomic E-state index is 0.0452. The molecular weight excluding hydrogens is 392 g/mol. The van der Waals surface area contributed by atoms with Crippen LogP contribution in [0, 0.1) is 0 Å². The SMILES string of the molecule is CN(Cc1cc(S(=O)(=O)c2ccncc2)n(-c2ccccc2Cl)n1)C(=O)O. The normalized spacial score (nSPS) is 11.3. The summed E-state index contributed by atoms with van der Waals surface area (Å²) in [5.41, 5.74) is 0.642. The molecule has 0 saturated carbocycles. The molecule has 1 amide bonds. The van der Waals surface area contributed by atoms with Gasteiger partial charge in [-0.05, 0) is 24.3 Å². The van der Waals surface area contributed by atoms with Gasteiger partial charge in [0.1, 0.15) is 0 Å². The van der Waals surface area contributed by atoms with Crippen molar-refractivity contribution in [3.8, 4) is 5.69 Å². The van der Waals surface area contributed by atoms with Crippen LogP contribution in [-0.4, -0.2) is 46.3 Å². The van der Waals surface area contributed by atoms with Crippen molar-refractivity contribution in [2.45, 2.75) is 16.5 Å². The third kappa shape index (κ3) is 3.79. The van der Waals surface area contributed by atoms with Gasteiger partial charge in [0, 0.05) is 25.5 Å². The molecule has 0 radical (unpaired) electrons. The molecule has 0 bridgehead atoms. The molecule has 1 N–H and O–H groups in total. The summed E-state index contributed by atoms with van der Waals surface area (Å²) >= 11 is 6.22. The van der Waals surface area contributed by atoms with Crippen molar-refractivity contribution in [3.05, 3.63) is 65.6 Å². The number of aromatic nitrogens is 3. The Morgan fingerprint density at radius 1 is 1.22 bits per heavy atom. The first-order valence-corrected chi connectivity index (χ1v) is 9.60. The number of carboxylic acid groups (broad SMARTS) is 1. The maximum Gasteiger partial charge on any atom is 0.407 e. The average molecular weight is 407 g/mol. The summed E-state index contributed by atoms with van der Waals surface area (Å²) in [6, 6.07) is 10.8. The fourth-order valence-corrected chi connectivity index (χ4v) is 4.02. The second kappa shape index (κ2) is 7.37. The minimum atomic E-state index is -3.93. The van der Waals surface area contributed by atoms with E-state index in [1.807, 2.05) is 0 Å². The van der Waals surface area contributed by atoms with Gasteiger partial charge in [0.15, 0.2) is 5.03 Å². The first-order valence-electron chi connectivity index (χ1n) is 7.73. The number of halogens is 1. The number of nitrogens with zero attached hydrogens (tertiary/aromatic N) is 4. The van der Waals surface area contributed by atoms with Crippen LogP contribution in [0.1, 0.15) is 5.69 Å². The lowest BCUT2D eigenvalue weighted by molar-refractivity contribution is 0.153. The summed E-state index contributed by atoms with van der Waals surface area (Å²) in [7, 11) is -2.56. The summed E-state index contributed by atoms with van der Waals surface area (Å²) in [5, 5.41) is 13.5. The molecule has 140 valence electrons. The zero-order valence-corrected chi connectivity index (χ0v) is 15.7. The van der Waals surface area contributed by atoms with Gasteiger partial charge < -0.3 is 10.0 Å². The number of pyridine rings is 1. The number of rotatable bonds is 5. The molecule has 3 aromatic rings. The summed E-state index contributed by atoms with van der Waals surface area (Å²) in [4.78, 5) is 16.0. The van der Waals surface area contributed by atoms with E-state index < -0.39 is 15.9 Å². The molecule has 0 saturated heterocycles. The fraction of sp³-hybridized carbons (Fsp3) is 0.118. The van der Waals surface area contributed by atoms with E-state index in [9.17, 15) is 13.2 Å². The molecule has 0 spiro atoms. The molecule has 0 aliphatic heterocycles. The number of hydrogen-bond acceptors (Lipinski definition) is 5. The summed E-state index contributed by atoms with van der Waals surface area (Å²) < 4.78 is 27.4. The highest BCUT2D eigenvalue weighted by atomic mass is 35.5. The van der Waals surface area contributed by atoms with Gasteiger partial charge in [-0.2, -0.15) is 5.10 Å². The smallest absolute Gasteiger partial charge is 0.407 e. The van der Waals surface area contributed by atoms with Crippen LogP contribution < -0.4 is 0 Å². The third-order valence-electron chi connectivity index (χ3n) is 3.77. The fourth-order valence-electron chi connectivity index (χ4n) is 2.42. The van der Waals surface area contributed by atoms with E-state index in [1.54, 1.807) is 24.3 Å². The maximum absolute atomic E-state index is 13.1. The molecule has 1 aromatic carbocycles. The van der Waals surface area contributed by atoms with Gasteiger partial charge in [-0.15, -0.1) is 0 Å². The van der Waals surface area contributed by atoms with Crippen molar-refractivity contribution in [3.63, 3.8) is 0 Å². The maximum atomic E-state index is 13.1. The molecule has 0 atom stereocenters. The number of para-hydroxylation sites is 1. The summed E-state index contributed by atoms with van der Waals surface area (Å²) in [6.45, 7) is -0.0777. The van der Waals surface area contributed by atoms with E-state index in [2.05, 4.69) is 10.1 Å². The average Bonchev–Trinajstić information content (AvgIpc) is 3.07. The summed E-state index contributed by atoms with van der Waals surface area (Å²) in [5.74, 6) is 0. The lowest BCUT2D eigenvalue weighted by Gasteiger charge is -2.10. The van der Waals surface area contributed by atoms with E-state index in [0.29, 0.717) is 10.7 Å². The monoisotopic (exact) mass is 406 g/mol. The number of hydrogen-bond donors (Lipinski definition) is 1. The third-order valence-corrected chi connectivity index (χ3v) is 5.82. The van der Waals surface area contributed by atoms with Crippen molar-refractivity contribution in [1.82, 2.24) is 19.7 Å². The first kappa shape index (κ1) is 18.9. The van der Waals surface area contributed by atoms with Crippen LogP contribution in [0.15, 0.2) is 64.8 Å². The van der Waals surface area contributed by atoms with Gasteiger partial charge >= 0.3 is 6.09 Å². The van der Waals surface area contributed by atoms with Crippen LogP contribution in [0.5, 0.6) is 0 Å². The van der Waals surface area contributed by atoms with Crippen LogP contribution >= 0.6 is 11.6 Å². The number of sulfone groups is 1. The first-order chi connectivity index (χ1) is 12.8. The van der Waals surface area contributed by atoms with Crippen molar-refractivity contribution >= 4 is 27.5 Å². The Morgan fingerprint density at radius 3 is 2.52 bits per heavy atom. The molecule has 0 aliphatic carbocycles. The molecule has 0 fully saturated rings. The van der Waals surface area contributed by atoms with Crippen molar-refractivity contribution in [2.24, 2.45) is 0 Å². The largest absolute Gasteiger partial charge is 0.465 e. The van der Waals surface area contributed by atoms with Gasteiger partial charge in [-0.3, -0.25) is 4.98 Å². The minimum Gasteiger partial charge on any atom is -0.465 e. The molecule has 3 rings (SSSR count). The zero-order chi connectivity index (χ0) is 19.6. The number of amides is 1. The van der Waals surface area contributed by atoms with Gasteiger partial charge in [0.2, 0.25) is 9.84 Å².